The van der Waals surface area contributed by atoms with Crippen LogP contribution in [0, 0.1) is 3.57 Å². The van der Waals surface area contributed by atoms with E-state index in [-0.39, 0.29) is 5.75 Å². The first-order chi connectivity index (χ1) is 14.8. The van der Waals surface area contributed by atoms with E-state index in [4.69, 9.17) is 14.7 Å². The van der Waals surface area contributed by atoms with Crippen molar-refractivity contribution in [3.63, 3.8) is 0 Å². The highest BCUT2D eigenvalue weighted by Crippen LogP contribution is 2.34. The summed E-state index contributed by atoms with van der Waals surface area (Å²) in [5.41, 5.74) is 2.46. The standard InChI is InChI=1S/C21H22BrIN2O6/c1-30-18(4-2-3-5-19(27)25-29)20(16-12-14(23)8-11-17(16)26)31-21(28)24-15-9-6-13(22)7-10-15/h3,5-12,18,20,26,29H,2,4H2,1H3,(H,24,28)(H,25,27)/b5-3+/t18-,20-/m0/s1. The maximum absolute atomic E-state index is 12.6. The number of halogens is 2. The predicted octanol–water partition coefficient (Wildman–Crippen LogP) is 4.91. The monoisotopic (exact) mass is 604 g/mol. The van der Waals surface area contributed by atoms with Gasteiger partial charge in [-0.25, -0.2) is 10.3 Å². The molecule has 2 aromatic rings. The normalized spacial score (nSPS) is 12.9. The second kappa shape index (κ2) is 12.6. The molecule has 0 fully saturated rings. The average Bonchev–Trinajstić information content (AvgIpc) is 2.75. The Morgan fingerprint density at radius 2 is 1.94 bits per heavy atom. The van der Waals surface area contributed by atoms with Gasteiger partial charge in [0.1, 0.15) is 5.75 Å². The Morgan fingerprint density at radius 1 is 1.23 bits per heavy atom. The van der Waals surface area contributed by atoms with Crippen LogP contribution >= 0.6 is 38.5 Å². The Kier molecular flexibility index (Phi) is 10.2. The van der Waals surface area contributed by atoms with Crippen molar-refractivity contribution < 1.29 is 29.4 Å². The van der Waals surface area contributed by atoms with E-state index in [1.165, 1.54) is 24.7 Å². The van der Waals surface area contributed by atoms with Crippen LogP contribution in [0.4, 0.5) is 10.5 Å². The summed E-state index contributed by atoms with van der Waals surface area (Å²) in [6, 6.07) is 12.0. The van der Waals surface area contributed by atoms with Crippen molar-refractivity contribution in [3.8, 4) is 5.75 Å². The molecule has 4 N–H and O–H groups in total. The molecule has 166 valence electrons. The Bertz CT molecular complexity index is 923. The van der Waals surface area contributed by atoms with Crippen LogP contribution in [0.2, 0.25) is 0 Å². The minimum absolute atomic E-state index is 0.0286. The minimum atomic E-state index is -0.907. The number of phenolic OH excluding ortho intramolecular Hbond substituents is 1. The van der Waals surface area contributed by atoms with Crippen molar-refractivity contribution >= 4 is 56.2 Å². The number of carbonyl (C=O) groups is 2. The predicted molar refractivity (Wildman–Crippen MR) is 127 cm³/mol. The molecular weight excluding hydrogens is 583 g/mol. The lowest BCUT2D eigenvalue weighted by Gasteiger charge is -2.27. The number of rotatable bonds is 9. The Labute approximate surface area is 201 Å². The van der Waals surface area contributed by atoms with Gasteiger partial charge in [-0.2, -0.15) is 0 Å². The number of amides is 2. The van der Waals surface area contributed by atoms with Crippen LogP contribution < -0.4 is 10.8 Å². The molecule has 2 rings (SSSR count). The van der Waals surface area contributed by atoms with Gasteiger partial charge in [0.15, 0.2) is 6.10 Å². The molecule has 0 aliphatic carbocycles. The fourth-order valence-corrected chi connectivity index (χ4v) is 3.55. The highest BCUT2D eigenvalue weighted by molar-refractivity contribution is 14.1. The number of aromatic hydroxyl groups is 1. The third-order valence-electron chi connectivity index (χ3n) is 4.26. The summed E-state index contributed by atoms with van der Waals surface area (Å²) in [5.74, 6) is -0.676. The highest BCUT2D eigenvalue weighted by Gasteiger charge is 2.29. The number of allylic oxidation sites excluding steroid dienone is 1. The SMILES string of the molecule is CO[C@@H](CC/C=C/C(=O)NO)[C@@H](OC(=O)Nc1ccc(Br)cc1)c1cc(I)ccc1O. The fraction of sp³-hybridized carbons (Fsp3) is 0.238. The van der Waals surface area contributed by atoms with Gasteiger partial charge in [-0.05, 0) is 77.9 Å². The van der Waals surface area contributed by atoms with E-state index in [1.54, 1.807) is 42.5 Å². The smallest absolute Gasteiger partial charge is 0.412 e. The number of nitrogens with one attached hydrogen (secondary N) is 2. The Balaban J connectivity index is 2.21. The van der Waals surface area contributed by atoms with E-state index in [1.807, 2.05) is 0 Å². The fourth-order valence-electron chi connectivity index (χ4n) is 2.77. The first kappa shape index (κ1) is 25.1. The molecule has 10 heteroatoms. The molecule has 0 radical (unpaired) electrons. The molecule has 8 nitrogen and oxygen atoms in total. The van der Waals surface area contributed by atoms with Crippen LogP contribution in [0.15, 0.2) is 59.1 Å². The van der Waals surface area contributed by atoms with Crippen LogP contribution in [0.5, 0.6) is 5.75 Å². The summed E-state index contributed by atoms with van der Waals surface area (Å²) < 4.78 is 12.9. The van der Waals surface area contributed by atoms with Gasteiger partial charge < -0.3 is 14.6 Å². The highest BCUT2D eigenvalue weighted by atomic mass is 127. The number of anilines is 1. The van der Waals surface area contributed by atoms with E-state index in [0.717, 1.165) is 8.04 Å². The number of hydrogen-bond acceptors (Lipinski definition) is 6. The van der Waals surface area contributed by atoms with Crippen molar-refractivity contribution in [2.75, 3.05) is 12.4 Å². The lowest BCUT2D eigenvalue weighted by Crippen LogP contribution is -2.28. The maximum atomic E-state index is 12.6. The molecule has 0 saturated carbocycles. The average molecular weight is 605 g/mol. The summed E-state index contributed by atoms with van der Waals surface area (Å²) in [6.45, 7) is 0. The van der Waals surface area contributed by atoms with Crippen molar-refractivity contribution in [2.24, 2.45) is 0 Å². The molecule has 0 aliphatic heterocycles. The van der Waals surface area contributed by atoms with E-state index in [2.05, 4.69) is 43.8 Å². The number of methoxy groups -OCH3 is 1. The third kappa shape index (κ3) is 8.13. The number of benzene rings is 2. The van der Waals surface area contributed by atoms with Crippen LogP contribution in [0.25, 0.3) is 0 Å². The van der Waals surface area contributed by atoms with Crippen LogP contribution in [-0.2, 0) is 14.3 Å². The van der Waals surface area contributed by atoms with Gasteiger partial charge >= 0.3 is 6.09 Å². The van der Waals surface area contributed by atoms with Gasteiger partial charge in [-0.15, -0.1) is 0 Å². The van der Waals surface area contributed by atoms with E-state index >= 15 is 0 Å². The molecule has 2 aromatic carbocycles. The lowest BCUT2D eigenvalue weighted by molar-refractivity contribution is -0.124. The van der Waals surface area contributed by atoms with Gasteiger partial charge in [0.25, 0.3) is 5.91 Å². The molecule has 0 saturated heterocycles. The number of phenols is 1. The minimum Gasteiger partial charge on any atom is -0.508 e. The number of ether oxygens (including phenoxy) is 2. The zero-order chi connectivity index (χ0) is 22.8. The number of hydrogen-bond donors (Lipinski definition) is 4. The van der Waals surface area contributed by atoms with Crippen molar-refractivity contribution in [1.82, 2.24) is 5.48 Å². The molecule has 0 aliphatic rings. The molecule has 2 atom stereocenters. The third-order valence-corrected chi connectivity index (χ3v) is 5.46. The van der Waals surface area contributed by atoms with Crippen LogP contribution in [-0.4, -0.2) is 35.5 Å². The molecule has 0 spiro atoms. The summed E-state index contributed by atoms with van der Waals surface area (Å²) in [5, 5.41) is 21.6. The zero-order valence-corrected chi connectivity index (χ0v) is 20.3. The van der Waals surface area contributed by atoms with Gasteiger partial charge in [0.05, 0.1) is 6.10 Å². The largest absolute Gasteiger partial charge is 0.508 e. The first-order valence-corrected chi connectivity index (χ1v) is 11.1. The Morgan fingerprint density at radius 3 is 2.58 bits per heavy atom. The van der Waals surface area contributed by atoms with Crippen molar-refractivity contribution in [3.05, 3.63) is 68.2 Å². The van der Waals surface area contributed by atoms with Crippen molar-refractivity contribution in [2.45, 2.75) is 25.0 Å². The van der Waals surface area contributed by atoms with E-state index in [9.17, 15) is 14.7 Å². The van der Waals surface area contributed by atoms with Crippen molar-refractivity contribution in [1.29, 1.82) is 0 Å². The molecule has 0 bridgehead atoms. The topological polar surface area (TPSA) is 117 Å². The van der Waals surface area contributed by atoms with Crippen LogP contribution in [0.1, 0.15) is 24.5 Å². The summed E-state index contributed by atoms with van der Waals surface area (Å²) in [7, 11) is 1.47. The lowest BCUT2D eigenvalue weighted by atomic mass is 9.99. The molecule has 0 heterocycles. The first-order valence-electron chi connectivity index (χ1n) is 9.19. The second-order valence-electron chi connectivity index (χ2n) is 6.39. The summed E-state index contributed by atoms with van der Waals surface area (Å²) in [4.78, 5) is 23.7. The summed E-state index contributed by atoms with van der Waals surface area (Å²) in [6.07, 6.45) is 1.31. The molecule has 0 unspecified atom stereocenters. The Hall–Kier alpha value is -2.15. The van der Waals surface area contributed by atoms with Gasteiger partial charge in [0.2, 0.25) is 0 Å². The van der Waals surface area contributed by atoms with Gasteiger partial charge in [0, 0.05) is 32.5 Å². The zero-order valence-electron chi connectivity index (χ0n) is 16.5. The van der Waals surface area contributed by atoms with Crippen LogP contribution in [0.3, 0.4) is 0 Å². The molecule has 31 heavy (non-hydrogen) atoms. The van der Waals surface area contributed by atoms with E-state index in [0.29, 0.717) is 24.1 Å². The van der Waals surface area contributed by atoms with Gasteiger partial charge in [-0.3, -0.25) is 15.3 Å². The quantitative estimate of drug-likeness (QED) is 0.140. The summed E-state index contributed by atoms with van der Waals surface area (Å²) >= 11 is 5.44. The number of carbonyl (C=O) groups excluding carboxylic acids is 2. The molecular formula is C21H22BrIN2O6. The van der Waals surface area contributed by atoms with E-state index < -0.39 is 24.2 Å². The maximum Gasteiger partial charge on any atom is 0.412 e. The number of hydroxylamine groups is 1. The second-order valence-corrected chi connectivity index (χ2v) is 8.55. The van der Waals surface area contributed by atoms with Gasteiger partial charge in [-0.1, -0.05) is 22.0 Å². The molecule has 0 aromatic heterocycles. The molecule has 2 amide bonds.